The summed E-state index contributed by atoms with van der Waals surface area (Å²) in [7, 11) is 0. The van der Waals surface area contributed by atoms with E-state index in [2.05, 4.69) is 9.88 Å². The van der Waals surface area contributed by atoms with Crippen molar-refractivity contribution in [3.05, 3.63) is 15.5 Å². The van der Waals surface area contributed by atoms with Crippen LogP contribution in [0, 0.1) is 0 Å². The highest BCUT2D eigenvalue weighted by atomic mass is 35.5. The molecule has 1 unspecified atom stereocenters. The maximum absolute atomic E-state index is 8.86. The van der Waals surface area contributed by atoms with E-state index in [1.54, 1.807) is 11.3 Å². The van der Waals surface area contributed by atoms with Crippen molar-refractivity contribution in [3.63, 3.8) is 0 Å². The molecular formula is C11H17ClN2OS. The Morgan fingerprint density at radius 2 is 2.50 bits per heavy atom. The van der Waals surface area contributed by atoms with Crippen LogP contribution in [0.1, 0.15) is 30.6 Å². The number of hydrogen-bond acceptors (Lipinski definition) is 4. The molecule has 3 nitrogen and oxygen atoms in total. The van der Waals surface area contributed by atoms with Gasteiger partial charge in [0.25, 0.3) is 0 Å². The minimum absolute atomic E-state index is 0.302. The zero-order valence-corrected chi connectivity index (χ0v) is 10.8. The first kappa shape index (κ1) is 12.3. The normalized spacial score (nSPS) is 21.8. The largest absolute Gasteiger partial charge is 0.396 e. The average molecular weight is 261 g/mol. The van der Waals surface area contributed by atoms with Crippen molar-refractivity contribution in [3.8, 4) is 0 Å². The summed E-state index contributed by atoms with van der Waals surface area (Å²) in [5.74, 6) is 0. The van der Waals surface area contributed by atoms with Gasteiger partial charge in [0.05, 0.1) is 0 Å². The van der Waals surface area contributed by atoms with E-state index in [4.69, 9.17) is 16.7 Å². The third-order valence-electron chi connectivity index (χ3n) is 3.08. The third kappa shape index (κ3) is 3.17. The molecule has 1 aliphatic heterocycles. The summed E-state index contributed by atoms with van der Waals surface area (Å²) in [6.45, 7) is 2.42. The van der Waals surface area contributed by atoms with Crippen molar-refractivity contribution in [1.29, 1.82) is 0 Å². The van der Waals surface area contributed by atoms with E-state index >= 15 is 0 Å². The lowest BCUT2D eigenvalue weighted by Gasteiger charge is -2.23. The van der Waals surface area contributed by atoms with Gasteiger partial charge < -0.3 is 5.11 Å². The molecule has 90 valence electrons. The molecule has 2 rings (SSSR count). The minimum atomic E-state index is 0.302. The summed E-state index contributed by atoms with van der Waals surface area (Å²) < 4.78 is 0.626. The number of thiazole rings is 1. The maximum Gasteiger partial charge on any atom is 0.183 e. The zero-order valence-electron chi connectivity index (χ0n) is 9.23. The maximum atomic E-state index is 8.86. The van der Waals surface area contributed by atoms with Gasteiger partial charge in [0.15, 0.2) is 4.47 Å². The van der Waals surface area contributed by atoms with Crippen LogP contribution in [-0.4, -0.2) is 34.2 Å². The number of halogens is 1. The number of aliphatic hydroxyl groups excluding tert-OH is 1. The van der Waals surface area contributed by atoms with E-state index < -0.39 is 0 Å². The van der Waals surface area contributed by atoms with E-state index in [1.807, 2.05) is 6.20 Å². The summed E-state index contributed by atoms with van der Waals surface area (Å²) in [5.41, 5.74) is 0. The average Bonchev–Trinajstić information content (AvgIpc) is 2.86. The van der Waals surface area contributed by atoms with Crippen LogP contribution >= 0.6 is 22.9 Å². The summed E-state index contributed by atoms with van der Waals surface area (Å²) in [6, 6.07) is 0.632. The molecular weight excluding hydrogens is 244 g/mol. The van der Waals surface area contributed by atoms with Crippen LogP contribution in [0.2, 0.25) is 4.47 Å². The molecule has 1 saturated heterocycles. The van der Waals surface area contributed by atoms with Crippen molar-refractivity contribution < 1.29 is 5.11 Å². The van der Waals surface area contributed by atoms with Gasteiger partial charge in [0.2, 0.25) is 0 Å². The first-order valence-corrected chi connectivity index (χ1v) is 6.94. The summed E-state index contributed by atoms with van der Waals surface area (Å²) in [5, 5.41) is 8.86. The number of hydrogen-bond donors (Lipinski definition) is 1. The molecule has 5 heteroatoms. The SMILES string of the molecule is OCCCC1CCCN1Cc1cnc(Cl)s1. The first-order valence-electron chi connectivity index (χ1n) is 5.74. The van der Waals surface area contributed by atoms with E-state index in [9.17, 15) is 0 Å². The van der Waals surface area contributed by atoms with E-state index in [0.717, 1.165) is 25.9 Å². The van der Waals surface area contributed by atoms with Crippen molar-refractivity contribution in [2.24, 2.45) is 0 Å². The highest BCUT2D eigenvalue weighted by Gasteiger charge is 2.24. The fourth-order valence-electron chi connectivity index (χ4n) is 2.31. The Hall–Kier alpha value is -0.160. The second-order valence-corrected chi connectivity index (χ2v) is 5.91. The molecule has 0 aliphatic carbocycles. The molecule has 2 heterocycles. The molecule has 0 bridgehead atoms. The molecule has 1 aromatic rings. The topological polar surface area (TPSA) is 36.4 Å². The highest BCUT2D eigenvalue weighted by Crippen LogP contribution is 2.26. The van der Waals surface area contributed by atoms with Gasteiger partial charge in [0.1, 0.15) is 0 Å². The first-order chi connectivity index (χ1) is 7.79. The molecule has 0 aromatic carbocycles. The van der Waals surface area contributed by atoms with Gasteiger partial charge in [-0.1, -0.05) is 11.6 Å². The van der Waals surface area contributed by atoms with Crippen LogP contribution in [0.5, 0.6) is 0 Å². The number of nitrogens with zero attached hydrogens (tertiary/aromatic N) is 2. The standard InChI is InChI=1S/C11H17ClN2OS/c12-11-13-7-10(16-11)8-14-5-1-3-9(14)4-2-6-15/h7,9,15H,1-6,8H2. The van der Waals surface area contributed by atoms with Crippen LogP contribution in [0.15, 0.2) is 6.20 Å². The molecule has 0 saturated carbocycles. The molecule has 1 aliphatic rings. The second-order valence-electron chi connectivity index (χ2n) is 4.21. The Labute approximate surface area is 105 Å². The number of aromatic nitrogens is 1. The lowest BCUT2D eigenvalue weighted by molar-refractivity contribution is 0.211. The van der Waals surface area contributed by atoms with Crippen molar-refractivity contribution in [2.45, 2.75) is 38.3 Å². The second kappa shape index (κ2) is 5.96. The summed E-state index contributed by atoms with van der Waals surface area (Å²) >= 11 is 7.39. The quantitative estimate of drug-likeness (QED) is 0.884. The van der Waals surface area contributed by atoms with Crippen LogP contribution in [0.25, 0.3) is 0 Å². The molecule has 0 radical (unpaired) electrons. The highest BCUT2D eigenvalue weighted by molar-refractivity contribution is 7.15. The van der Waals surface area contributed by atoms with Gasteiger partial charge >= 0.3 is 0 Å². The van der Waals surface area contributed by atoms with E-state index in [-0.39, 0.29) is 0 Å². The van der Waals surface area contributed by atoms with Crippen molar-refractivity contribution >= 4 is 22.9 Å². The van der Waals surface area contributed by atoms with E-state index in [0.29, 0.717) is 17.1 Å². The van der Waals surface area contributed by atoms with E-state index in [1.165, 1.54) is 17.7 Å². The Kier molecular flexibility index (Phi) is 4.58. The van der Waals surface area contributed by atoms with Gasteiger partial charge in [0, 0.05) is 30.3 Å². The molecule has 1 atom stereocenters. The van der Waals surface area contributed by atoms with Crippen molar-refractivity contribution in [2.75, 3.05) is 13.2 Å². The molecule has 0 spiro atoms. The van der Waals surface area contributed by atoms with Gasteiger partial charge in [-0.05, 0) is 32.2 Å². The van der Waals surface area contributed by atoms with Crippen LogP contribution < -0.4 is 0 Å². The fraction of sp³-hybridized carbons (Fsp3) is 0.727. The Bertz CT molecular complexity index is 332. The predicted molar refractivity (Wildman–Crippen MR) is 66.9 cm³/mol. The molecule has 1 fully saturated rings. The third-order valence-corrected chi connectivity index (χ3v) is 4.18. The lowest BCUT2D eigenvalue weighted by Crippen LogP contribution is -2.28. The van der Waals surface area contributed by atoms with Crippen LogP contribution in [0.4, 0.5) is 0 Å². The Morgan fingerprint density at radius 1 is 1.62 bits per heavy atom. The molecule has 1 aromatic heterocycles. The Balaban J connectivity index is 1.88. The molecule has 0 amide bonds. The van der Waals surface area contributed by atoms with Gasteiger partial charge in [-0.25, -0.2) is 4.98 Å². The minimum Gasteiger partial charge on any atom is -0.396 e. The van der Waals surface area contributed by atoms with Crippen LogP contribution in [0.3, 0.4) is 0 Å². The molecule has 16 heavy (non-hydrogen) atoms. The van der Waals surface area contributed by atoms with Crippen LogP contribution in [-0.2, 0) is 6.54 Å². The number of aliphatic hydroxyl groups is 1. The Morgan fingerprint density at radius 3 is 3.19 bits per heavy atom. The van der Waals surface area contributed by atoms with Crippen molar-refractivity contribution in [1.82, 2.24) is 9.88 Å². The summed E-state index contributed by atoms with van der Waals surface area (Å²) in [6.07, 6.45) is 6.40. The monoisotopic (exact) mass is 260 g/mol. The summed E-state index contributed by atoms with van der Waals surface area (Å²) in [4.78, 5) is 7.79. The fourth-order valence-corrected chi connectivity index (χ4v) is 3.32. The predicted octanol–water partition coefficient (Wildman–Crippen LogP) is 2.53. The smallest absolute Gasteiger partial charge is 0.183 e. The van der Waals surface area contributed by atoms with Gasteiger partial charge in [-0.3, -0.25) is 4.90 Å². The lowest BCUT2D eigenvalue weighted by atomic mass is 10.1. The number of likely N-dealkylation sites (tertiary alicyclic amines) is 1. The zero-order chi connectivity index (χ0) is 11.4. The van der Waals surface area contributed by atoms with Gasteiger partial charge in [-0.2, -0.15) is 0 Å². The number of rotatable bonds is 5. The van der Waals surface area contributed by atoms with Gasteiger partial charge in [-0.15, -0.1) is 11.3 Å². The molecule has 1 N–H and O–H groups in total.